The van der Waals surface area contributed by atoms with Crippen LogP contribution in [0.15, 0.2) is 0 Å². The van der Waals surface area contributed by atoms with Crippen LogP contribution in [0.4, 0.5) is 0 Å². The van der Waals surface area contributed by atoms with E-state index in [1.165, 1.54) is 0 Å². The van der Waals surface area contributed by atoms with E-state index < -0.39 is 24.4 Å². The zero-order valence-electron chi connectivity index (χ0n) is 17.1. The van der Waals surface area contributed by atoms with Gasteiger partial charge in [0, 0.05) is 0 Å². The van der Waals surface area contributed by atoms with E-state index in [9.17, 15) is 0 Å². The predicted octanol–water partition coefficient (Wildman–Crippen LogP) is 3.01. The fourth-order valence-corrected chi connectivity index (χ4v) is 2.56. The minimum atomic E-state index is -0.571. The molecule has 0 aliphatic heterocycles. The molecule has 0 aliphatic rings. The number of hydrogen-bond donors (Lipinski definition) is 0. The van der Waals surface area contributed by atoms with Gasteiger partial charge in [-0.3, -0.25) is 0 Å². The van der Waals surface area contributed by atoms with Crippen LogP contribution in [0.25, 0.3) is 9.69 Å². The highest BCUT2D eigenvalue weighted by atomic mass is 16.6. The van der Waals surface area contributed by atoms with Crippen LogP contribution in [0.5, 0.6) is 0 Å². The predicted molar refractivity (Wildman–Crippen MR) is 103 cm³/mol. The molecule has 0 aliphatic carbocycles. The third-order valence-electron chi connectivity index (χ3n) is 3.93. The van der Waals surface area contributed by atoms with Gasteiger partial charge in [0.2, 0.25) is 13.1 Å². The maximum atomic E-state index is 8.95. The van der Waals surface area contributed by atoms with Crippen LogP contribution in [0.3, 0.4) is 0 Å². The lowest BCUT2D eigenvalue weighted by molar-refractivity contribution is -0.193. The smallest absolute Gasteiger partial charge is 0.240 e. The Morgan fingerprint density at radius 1 is 0.821 bits per heavy atom. The van der Waals surface area contributed by atoms with Crippen LogP contribution in [0, 0.1) is 35.8 Å². The minimum Gasteiger partial charge on any atom is -0.375 e. The molecule has 6 unspecified atom stereocenters. The van der Waals surface area contributed by atoms with Crippen molar-refractivity contribution < 1.29 is 18.9 Å². The Labute approximate surface area is 168 Å². The first-order chi connectivity index (χ1) is 13.4. The molecule has 0 saturated carbocycles. The zero-order valence-corrected chi connectivity index (χ0v) is 17.1. The summed E-state index contributed by atoms with van der Waals surface area (Å²) < 4.78 is 23.7. The van der Waals surface area contributed by atoms with Crippen molar-refractivity contribution >= 4 is 0 Å². The first kappa shape index (κ1) is 25.8. The van der Waals surface area contributed by atoms with E-state index in [-0.39, 0.29) is 51.4 Å². The summed E-state index contributed by atoms with van der Waals surface area (Å²) in [4.78, 5) is 6.65. The van der Waals surface area contributed by atoms with Gasteiger partial charge in [0.25, 0.3) is 0 Å². The van der Waals surface area contributed by atoms with E-state index >= 15 is 0 Å². The van der Waals surface area contributed by atoms with Crippen LogP contribution < -0.4 is 0 Å². The lowest BCUT2D eigenvalue weighted by Gasteiger charge is -2.37. The molecular formula is C20H30N4O4. The van der Waals surface area contributed by atoms with E-state index in [1.54, 1.807) is 13.8 Å². The number of rotatable bonds is 15. The summed E-state index contributed by atoms with van der Waals surface area (Å²) in [6, 6.07) is 4.11. The molecular weight excluding hydrogens is 360 g/mol. The van der Waals surface area contributed by atoms with Crippen molar-refractivity contribution in [1.29, 1.82) is 10.5 Å². The number of nitriles is 2. The molecule has 0 bridgehead atoms. The zero-order chi connectivity index (χ0) is 21.4. The van der Waals surface area contributed by atoms with Crippen LogP contribution in [0.2, 0.25) is 0 Å². The van der Waals surface area contributed by atoms with Crippen LogP contribution in [-0.2, 0) is 18.9 Å². The Hall–Kier alpha value is -2.20. The molecule has 0 aromatic heterocycles. The van der Waals surface area contributed by atoms with Gasteiger partial charge in [0.05, 0.1) is 49.9 Å². The Balaban J connectivity index is 5.48. The number of hydrogen-bond acceptors (Lipinski definition) is 6. The third kappa shape index (κ3) is 10.8. The molecule has 0 radical (unpaired) electrons. The molecule has 0 rings (SSSR count). The standard InChI is InChI=1S/C20H30N4O4/c1-15(8-10-22)27-19(17(3)25-12-7-9-21)20(28-16(2)14-24-6)18(4)26-13-11-23-5/h15-20H,7-8,11-14H2,1-4H3. The van der Waals surface area contributed by atoms with E-state index in [2.05, 4.69) is 15.8 Å². The van der Waals surface area contributed by atoms with E-state index in [4.69, 9.17) is 42.6 Å². The minimum absolute atomic E-state index is 0.190. The van der Waals surface area contributed by atoms with Gasteiger partial charge < -0.3 is 28.6 Å². The second-order valence-corrected chi connectivity index (χ2v) is 6.47. The summed E-state index contributed by atoms with van der Waals surface area (Å²) in [5.74, 6) is 0. The molecule has 0 aromatic carbocycles. The van der Waals surface area contributed by atoms with E-state index in [0.29, 0.717) is 0 Å². The molecule has 0 spiro atoms. The van der Waals surface area contributed by atoms with Crippen molar-refractivity contribution in [3.63, 3.8) is 0 Å². The fraction of sp³-hybridized carbons (Fsp3) is 0.800. The van der Waals surface area contributed by atoms with Crippen LogP contribution in [-0.4, -0.2) is 62.9 Å². The lowest BCUT2D eigenvalue weighted by atomic mass is 10.0. The Kier molecular flexibility index (Phi) is 14.6. The fourth-order valence-electron chi connectivity index (χ4n) is 2.56. The molecule has 0 fully saturated rings. The van der Waals surface area contributed by atoms with Gasteiger partial charge >= 0.3 is 0 Å². The van der Waals surface area contributed by atoms with Crippen LogP contribution >= 0.6 is 0 Å². The molecule has 6 atom stereocenters. The van der Waals surface area contributed by atoms with Crippen molar-refractivity contribution in [3.8, 4) is 12.1 Å². The van der Waals surface area contributed by atoms with Crippen molar-refractivity contribution in [2.75, 3.05) is 26.3 Å². The molecule has 8 heteroatoms. The Morgan fingerprint density at radius 3 is 1.89 bits per heavy atom. The largest absolute Gasteiger partial charge is 0.375 e. The number of ether oxygens (including phenoxy) is 4. The first-order valence-electron chi connectivity index (χ1n) is 9.35. The van der Waals surface area contributed by atoms with Gasteiger partial charge in [0.1, 0.15) is 24.9 Å². The van der Waals surface area contributed by atoms with Crippen LogP contribution in [0.1, 0.15) is 40.5 Å². The summed E-state index contributed by atoms with van der Waals surface area (Å²) in [5, 5.41) is 17.7. The Morgan fingerprint density at radius 2 is 1.39 bits per heavy atom. The topological polar surface area (TPSA) is 93.2 Å². The molecule has 0 amide bonds. The van der Waals surface area contributed by atoms with Gasteiger partial charge in [-0.05, 0) is 27.7 Å². The van der Waals surface area contributed by atoms with Crippen molar-refractivity contribution in [2.24, 2.45) is 0 Å². The molecule has 0 N–H and O–H groups in total. The highest BCUT2D eigenvalue weighted by molar-refractivity contribution is 4.86. The first-order valence-corrected chi connectivity index (χ1v) is 9.35. The second kappa shape index (κ2) is 15.8. The summed E-state index contributed by atoms with van der Waals surface area (Å²) >= 11 is 0. The molecule has 154 valence electrons. The van der Waals surface area contributed by atoms with E-state index in [0.717, 1.165) is 0 Å². The average Bonchev–Trinajstić information content (AvgIpc) is 2.65. The molecule has 28 heavy (non-hydrogen) atoms. The van der Waals surface area contributed by atoms with Crippen molar-refractivity contribution in [1.82, 2.24) is 0 Å². The molecule has 0 aromatic rings. The molecule has 0 saturated heterocycles. The maximum Gasteiger partial charge on any atom is 0.240 e. The van der Waals surface area contributed by atoms with Crippen molar-refractivity contribution in [2.45, 2.75) is 77.2 Å². The van der Waals surface area contributed by atoms with Gasteiger partial charge in [0.15, 0.2) is 0 Å². The second-order valence-electron chi connectivity index (χ2n) is 6.47. The van der Waals surface area contributed by atoms with Crippen molar-refractivity contribution in [3.05, 3.63) is 22.8 Å². The van der Waals surface area contributed by atoms with Gasteiger partial charge in [-0.25, -0.2) is 13.1 Å². The third-order valence-corrected chi connectivity index (χ3v) is 3.93. The summed E-state index contributed by atoms with van der Waals surface area (Å²) in [6.45, 7) is 22.1. The van der Waals surface area contributed by atoms with E-state index in [1.807, 2.05) is 19.9 Å². The highest BCUT2D eigenvalue weighted by Crippen LogP contribution is 2.22. The summed E-state index contributed by atoms with van der Waals surface area (Å²) in [7, 11) is 0. The lowest BCUT2D eigenvalue weighted by Crippen LogP contribution is -2.50. The number of nitrogens with zero attached hydrogens (tertiary/aromatic N) is 4. The molecule has 8 nitrogen and oxygen atoms in total. The Bertz CT molecular complexity index is 535. The molecule has 0 heterocycles. The highest BCUT2D eigenvalue weighted by Gasteiger charge is 2.37. The average molecular weight is 390 g/mol. The SMILES string of the molecule is [C-]#[N+]CCOC(C)C(OC(C)C[N+]#[C-])C(OC(C)CC#N)C(C)OCCC#N. The summed E-state index contributed by atoms with van der Waals surface area (Å²) in [6.07, 6.45) is -2.23. The van der Waals surface area contributed by atoms with Gasteiger partial charge in [-0.15, -0.1) is 0 Å². The monoisotopic (exact) mass is 390 g/mol. The summed E-state index contributed by atoms with van der Waals surface area (Å²) in [5.41, 5.74) is 0. The quantitative estimate of drug-likeness (QED) is 0.315. The van der Waals surface area contributed by atoms with Gasteiger partial charge in [-0.1, -0.05) is 0 Å². The normalized spacial score (nSPS) is 17.0. The maximum absolute atomic E-state index is 8.95. The van der Waals surface area contributed by atoms with Gasteiger partial charge in [-0.2, -0.15) is 10.5 Å².